The van der Waals surface area contributed by atoms with E-state index in [9.17, 15) is 0 Å². The molecule has 0 aliphatic rings. The number of nitrogens with two attached hydrogens (primary N) is 1. The molecule has 0 saturated carbocycles. The third kappa shape index (κ3) is 3.10. The second-order valence-corrected chi connectivity index (χ2v) is 5.47. The molecule has 0 spiro atoms. The van der Waals surface area contributed by atoms with E-state index in [1.165, 1.54) is 5.56 Å². The summed E-state index contributed by atoms with van der Waals surface area (Å²) in [6, 6.07) is 16.5. The van der Waals surface area contributed by atoms with Gasteiger partial charge >= 0.3 is 0 Å². The predicted molar refractivity (Wildman–Crippen MR) is 86.3 cm³/mol. The second kappa shape index (κ2) is 5.94. The Morgan fingerprint density at radius 2 is 1.80 bits per heavy atom. The molecule has 2 N–H and O–H groups in total. The van der Waals surface area contributed by atoms with Crippen molar-refractivity contribution in [1.29, 1.82) is 0 Å². The molecule has 1 nitrogen and oxygen atoms in total. The molecule has 20 heavy (non-hydrogen) atoms. The van der Waals surface area contributed by atoms with E-state index in [0.717, 1.165) is 29.5 Å². The van der Waals surface area contributed by atoms with Crippen molar-refractivity contribution in [2.45, 2.75) is 32.2 Å². The minimum Gasteiger partial charge on any atom is -0.322 e. The number of terminal acetylenes is 1. The molecule has 2 aromatic rings. The highest BCUT2D eigenvalue weighted by molar-refractivity contribution is 5.65. The van der Waals surface area contributed by atoms with Crippen LogP contribution in [0.1, 0.15) is 37.8 Å². The van der Waals surface area contributed by atoms with E-state index in [1.807, 2.05) is 18.2 Å². The number of hydrogen-bond acceptors (Lipinski definition) is 1. The van der Waals surface area contributed by atoms with Gasteiger partial charge in [-0.1, -0.05) is 55.7 Å². The maximum absolute atomic E-state index is 6.36. The van der Waals surface area contributed by atoms with Crippen LogP contribution in [0.15, 0.2) is 48.5 Å². The zero-order valence-electron chi connectivity index (χ0n) is 12.2. The fourth-order valence-electron chi connectivity index (χ4n) is 2.50. The van der Waals surface area contributed by atoms with Crippen LogP contribution in [0.2, 0.25) is 0 Å². The van der Waals surface area contributed by atoms with Crippen LogP contribution in [0, 0.1) is 12.3 Å². The van der Waals surface area contributed by atoms with Gasteiger partial charge in [0.25, 0.3) is 0 Å². The summed E-state index contributed by atoms with van der Waals surface area (Å²) >= 11 is 0. The van der Waals surface area contributed by atoms with Crippen molar-refractivity contribution in [3.63, 3.8) is 0 Å². The van der Waals surface area contributed by atoms with Gasteiger partial charge in [-0.25, -0.2) is 0 Å². The Hall–Kier alpha value is -2.04. The monoisotopic (exact) mass is 263 g/mol. The van der Waals surface area contributed by atoms with Crippen LogP contribution in [0.25, 0.3) is 11.1 Å². The van der Waals surface area contributed by atoms with E-state index in [-0.39, 0.29) is 5.54 Å². The van der Waals surface area contributed by atoms with E-state index in [2.05, 4.69) is 50.1 Å². The van der Waals surface area contributed by atoms with Gasteiger partial charge in [-0.3, -0.25) is 0 Å². The van der Waals surface area contributed by atoms with E-state index >= 15 is 0 Å². The second-order valence-electron chi connectivity index (χ2n) is 5.47. The lowest BCUT2D eigenvalue weighted by Crippen LogP contribution is -2.32. The molecule has 0 radical (unpaired) electrons. The molecule has 0 fully saturated rings. The first-order valence-electron chi connectivity index (χ1n) is 7.03. The molecule has 1 unspecified atom stereocenters. The van der Waals surface area contributed by atoms with Crippen LogP contribution in [0.3, 0.4) is 0 Å². The van der Waals surface area contributed by atoms with Crippen molar-refractivity contribution in [2.75, 3.05) is 0 Å². The maximum Gasteiger partial charge on any atom is 0.0380 e. The van der Waals surface area contributed by atoms with Crippen LogP contribution in [0.4, 0.5) is 0 Å². The molecular formula is C19H21N. The largest absolute Gasteiger partial charge is 0.322 e. The van der Waals surface area contributed by atoms with Gasteiger partial charge in [-0.05, 0) is 42.2 Å². The molecule has 0 aliphatic heterocycles. The summed E-state index contributed by atoms with van der Waals surface area (Å²) < 4.78 is 0. The van der Waals surface area contributed by atoms with E-state index in [0.29, 0.717) is 0 Å². The average molecular weight is 263 g/mol. The minimum absolute atomic E-state index is 0.256. The number of rotatable bonds is 4. The first kappa shape index (κ1) is 14.4. The van der Waals surface area contributed by atoms with Crippen LogP contribution in [-0.4, -0.2) is 0 Å². The van der Waals surface area contributed by atoms with E-state index in [1.54, 1.807) is 0 Å². The van der Waals surface area contributed by atoms with Gasteiger partial charge in [-0.15, -0.1) is 6.42 Å². The molecule has 0 bridgehead atoms. The molecule has 0 amide bonds. The highest BCUT2D eigenvalue weighted by Crippen LogP contribution is 2.26. The number of benzene rings is 2. The maximum atomic E-state index is 6.36. The van der Waals surface area contributed by atoms with Crippen LogP contribution in [-0.2, 0) is 5.54 Å². The van der Waals surface area contributed by atoms with E-state index < -0.39 is 0 Å². The van der Waals surface area contributed by atoms with Crippen molar-refractivity contribution in [1.82, 2.24) is 0 Å². The Balaban J connectivity index is 2.30. The first-order chi connectivity index (χ1) is 9.56. The Morgan fingerprint density at radius 1 is 1.10 bits per heavy atom. The Kier molecular flexibility index (Phi) is 4.27. The van der Waals surface area contributed by atoms with Crippen LogP contribution < -0.4 is 5.73 Å². The zero-order chi connectivity index (χ0) is 14.6. The fourth-order valence-corrected chi connectivity index (χ4v) is 2.50. The molecule has 2 aromatic carbocycles. The summed E-state index contributed by atoms with van der Waals surface area (Å²) in [5, 5.41) is 0. The Bertz CT molecular complexity index is 615. The van der Waals surface area contributed by atoms with Gasteiger partial charge < -0.3 is 5.73 Å². The third-order valence-electron chi connectivity index (χ3n) is 3.68. The predicted octanol–water partition coefficient (Wildman–Crippen LogP) is 4.31. The number of hydrogen-bond donors (Lipinski definition) is 1. The van der Waals surface area contributed by atoms with Crippen molar-refractivity contribution in [3.05, 3.63) is 59.7 Å². The van der Waals surface area contributed by atoms with Crippen molar-refractivity contribution >= 4 is 0 Å². The lowest BCUT2D eigenvalue weighted by molar-refractivity contribution is 0.447. The molecule has 2 rings (SSSR count). The lowest BCUT2D eigenvalue weighted by atomic mass is 9.87. The highest BCUT2D eigenvalue weighted by atomic mass is 14.7. The van der Waals surface area contributed by atoms with Gasteiger partial charge in [0, 0.05) is 11.1 Å². The normalized spacial score (nSPS) is 13.5. The van der Waals surface area contributed by atoms with Crippen LogP contribution >= 0.6 is 0 Å². The van der Waals surface area contributed by atoms with Crippen molar-refractivity contribution in [3.8, 4) is 23.5 Å². The molecule has 102 valence electrons. The summed E-state index contributed by atoms with van der Waals surface area (Å²) in [6.07, 6.45) is 7.51. The van der Waals surface area contributed by atoms with Crippen molar-refractivity contribution in [2.24, 2.45) is 5.73 Å². The topological polar surface area (TPSA) is 26.0 Å². The SMILES string of the molecule is C#Cc1cccc(-c2ccc(C(C)(N)CCC)cc2)c1. The summed E-state index contributed by atoms with van der Waals surface area (Å²) in [5.74, 6) is 2.67. The van der Waals surface area contributed by atoms with E-state index in [4.69, 9.17) is 12.2 Å². The summed E-state index contributed by atoms with van der Waals surface area (Å²) in [5.41, 5.74) is 10.5. The zero-order valence-corrected chi connectivity index (χ0v) is 12.2. The van der Waals surface area contributed by atoms with Gasteiger partial charge in [0.2, 0.25) is 0 Å². The first-order valence-corrected chi connectivity index (χ1v) is 7.03. The van der Waals surface area contributed by atoms with Gasteiger partial charge in [0.05, 0.1) is 0 Å². The van der Waals surface area contributed by atoms with Crippen molar-refractivity contribution < 1.29 is 0 Å². The summed E-state index contributed by atoms with van der Waals surface area (Å²) in [6.45, 7) is 4.25. The van der Waals surface area contributed by atoms with Gasteiger partial charge in [0.15, 0.2) is 0 Å². The third-order valence-corrected chi connectivity index (χ3v) is 3.68. The molecule has 1 heteroatoms. The quantitative estimate of drug-likeness (QED) is 0.817. The van der Waals surface area contributed by atoms with Gasteiger partial charge in [0.1, 0.15) is 0 Å². The smallest absolute Gasteiger partial charge is 0.0380 e. The fraction of sp³-hybridized carbons (Fsp3) is 0.263. The molecule has 0 saturated heterocycles. The standard InChI is InChI=1S/C19H21N/c1-4-13-19(3,20)18-11-9-16(10-12-18)17-8-6-7-15(5-2)14-17/h2,6-12,14H,4,13,20H2,1,3H3. The average Bonchev–Trinajstić information content (AvgIpc) is 2.47. The van der Waals surface area contributed by atoms with Crippen LogP contribution in [0.5, 0.6) is 0 Å². The Morgan fingerprint density at radius 3 is 2.40 bits per heavy atom. The molecule has 0 aliphatic carbocycles. The molecule has 1 atom stereocenters. The lowest BCUT2D eigenvalue weighted by Gasteiger charge is -2.24. The van der Waals surface area contributed by atoms with Gasteiger partial charge in [-0.2, -0.15) is 0 Å². The summed E-state index contributed by atoms with van der Waals surface area (Å²) in [4.78, 5) is 0. The molecule has 0 heterocycles. The molecular weight excluding hydrogens is 242 g/mol. The molecule has 0 aromatic heterocycles. The Labute approximate surface area is 121 Å². The minimum atomic E-state index is -0.256. The highest BCUT2D eigenvalue weighted by Gasteiger charge is 2.19. The summed E-state index contributed by atoms with van der Waals surface area (Å²) in [7, 11) is 0.